The first-order chi connectivity index (χ1) is 6.96. The average Bonchev–Trinajstić information content (AvgIpc) is 2.45. The van der Waals surface area contributed by atoms with Crippen LogP contribution < -0.4 is 4.74 Å². The summed E-state index contributed by atoms with van der Waals surface area (Å²) in [7, 11) is 0. The van der Waals surface area contributed by atoms with Gasteiger partial charge >= 0.3 is 6.36 Å². The van der Waals surface area contributed by atoms with E-state index in [2.05, 4.69) is 4.74 Å². The number of halogens is 4. The predicted molar refractivity (Wildman–Crippen MR) is 53.0 cm³/mol. The Bertz CT molecular complexity index is 415. The van der Waals surface area contributed by atoms with Crippen LogP contribution in [0.1, 0.15) is 22.3 Å². The number of benzene rings is 1. The quantitative estimate of drug-likeness (QED) is 0.768. The third-order valence-electron chi connectivity index (χ3n) is 2.24. The van der Waals surface area contributed by atoms with Crippen LogP contribution in [0.3, 0.4) is 0 Å². The van der Waals surface area contributed by atoms with E-state index in [1.54, 1.807) is 0 Å². The molecular weight excluding hydrogens is 245 g/mol. The van der Waals surface area contributed by atoms with Gasteiger partial charge in [-0.05, 0) is 24.1 Å². The van der Waals surface area contributed by atoms with E-state index in [1.165, 1.54) is 12.1 Å². The van der Waals surface area contributed by atoms with E-state index in [-0.39, 0.29) is 23.9 Å². The second kappa shape index (κ2) is 4.33. The highest BCUT2D eigenvalue weighted by atomic mass is 35.5. The molecule has 0 N–H and O–H groups in total. The fourth-order valence-electron chi connectivity index (χ4n) is 1.61. The third kappa shape index (κ3) is 2.66. The molecule has 6 heteroatoms. The van der Waals surface area contributed by atoms with Crippen molar-refractivity contribution < 1.29 is 22.7 Å². The van der Waals surface area contributed by atoms with Gasteiger partial charge in [-0.2, -0.15) is 0 Å². The molecule has 0 spiro atoms. The minimum atomic E-state index is -4.71. The van der Waals surface area contributed by atoms with Crippen molar-refractivity contribution in [1.29, 1.82) is 0 Å². The van der Waals surface area contributed by atoms with Gasteiger partial charge in [0.2, 0.25) is 0 Å². The number of hydrogen-bond acceptors (Lipinski definition) is 2. The van der Waals surface area contributed by atoms with E-state index in [0.717, 1.165) is 11.6 Å². The van der Waals surface area contributed by atoms with Crippen molar-refractivity contribution in [2.75, 3.05) is 0 Å². The molecule has 0 aromatic heterocycles. The summed E-state index contributed by atoms with van der Waals surface area (Å²) >= 11 is 0. The van der Waals surface area contributed by atoms with Gasteiger partial charge in [-0.3, -0.25) is 4.79 Å². The number of aryl methyl sites for hydroxylation is 1. The first kappa shape index (κ1) is 12.8. The topological polar surface area (TPSA) is 26.3 Å². The molecule has 0 heterocycles. The molecule has 0 aliphatic heterocycles. The van der Waals surface area contributed by atoms with Gasteiger partial charge in [0, 0.05) is 12.0 Å². The van der Waals surface area contributed by atoms with Crippen LogP contribution in [0.2, 0.25) is 0 Å². The van der Waals surface area contributed by atoms with Gasteiger partial charge in [0.25, 0.3) is 0 Å². The van der Waals surface area contributed by atoms with E-state index in [0.29, 0.717) is 18.4 Å². The van der Waals surface area contributed by atoms with Crippen LogP contribution in [0.25, 0.3) is 0 Å². The van der Waals surface area contributed by atoms with Crippen LogP contribution in [-0.4, -0.2) is 12.1 Å². The summed E-state index contributed by atoms with van der Waals surface area (Å²) in [5, 5.41) is 0. The molecule has 0 atom stereocenters. The molecule has 0 fully saturated rings. The summed E-state index contributed by atoms with van der Waals surface area (Å²) in [5.41, 5.74) is 1.13. The van der Waals surface area contributed by atoms with Crippen molar-refractivity contribution in [2.24, 2.45) is 0 Å². The Morgan fingerprint density at radius 1 is 1.19 bits per heavy atom. The molecule has 1 aromatic rings. The lowest BCUT2D eigenvalue weighted by atomic mass is 10.1. The molecule has 2 nitrogen and oxygen atoms in total. The van der Waals surface area contributed by atoms with Crippen LogP contribution in [0.5, 0.6) is 5.75 Å². The molecule has 0 saturated heterocycles. The van der Waals surface area contributed by atoms with Crippen molar-refractivity contribution in [1.82, 2.24) is 0 Å². The maximum atomic E-state index is 11.9. The van der Waals surface area contributed by atoms with E-state index in [4.69, 9.17) is 0 Å². The lowest BCUT2D eigenvalue weighted by Crippen LogP contribution is -2.17. The smallest absolute Gasteiger partial charge is 0.406 e. The van der Waals surface area contributed by atoms with Gasteiger partial charge in [0.15, 0.2) is 5.78 Å². The largest absolute Gasteiger partial charge is 0.573 e. The lowest BCUT2D eigenvalue weighted by molar-refractivity contribution is -0.274. The van der Waals surface area contributed by atoms with E-state index in [1.807, 2.05) is 0 Å². The number of fused-ring (bicyclic) bond motifs is 1. The normalized spacial score (nSPS) is 14.3. The molecule has 16 heavy (non-hydrogen) atoms. The minimum absolute atomic E-state index is 0. The Balaban J connectivity index is 0.00000128. The fourth-order valence-corrected chi connectivity index (χ4v) is 1.61. The highest BCUT2D eigenvalue weighted by molar-refractivity contribution is 6.00. The number of Topliss-reactive ketones (excluding diaryl/α,β-unsaturated/α-hetero) is 1. The van der Waals surface area contributed by atoms with Crippen molar-refractivity contribution >= 4 is 18.2 Å². The van der Waals surface area contributed by atoms with Crippen LogP contribution in [0.15, 0.2) is 18.2 Å². The number of rotatable bonds is 1. The highest BCUT2D eigenvalue weighted by Crippen LogP contribution is 2.29. The molecule has 1 aromatic carbocycles. The van der Waals surface area contributed by atoms with Crippen molar-refractivity contribution in [3.63, 3.8) is 0 Å². The molecule has 1 aliphatic carbocycles. The van der Waals surface area contributed by atoms with Gasteiger partial charge in [0.05, 0.1) is 0 Å². The minimum Gasteiger partial charge on any atom is -0.406 e. The van der Waals surface area contributed by atoms with Crippen LogP contribution in [0, 0.1) is 0 Å². The van der Waals surface area contributed by atoms with Crippen molar-refractivity contribution in [3.05, 3.63) is 29.3 Å². The Labute approximate surface area is 95.8 Å². The van der Waals surface area contributed by atoms with E-state index < -0.39 is 6.36 Å². The summed E-state index contributed by atoms with van der Waals surface area (Å²) in [4.78, 5) is 11.2. The van der Waals surface area contributed by atoms with Gasteiger partial charge in [0.1, 0.15) is 5.75 Å². The molecule has 2 rings (SSSR count). The fraction of sp³-hybridized carbons (Fsp3) is 0.300. The first-order valence-electron chi connectivity index (χ1n) is 4.37. The molecule has 0 bridgehead atoms. The number of ether oxygens (including phenoxy) is 1. The van der Waals surface area contributed by atoms with Gasteiger partial charge in [-0.25, -0.2) is 0 Å². The summed E-state index contributed by atoms with van der Waals surface area (Å²) in [6, 6.07) is 3.88. The third-order valence-corrected chi connectivity index (χ3v) is 2.24. The Morgan fingerprint density at radius 2 is 1.88 bits per heavy atom. The van der Waals surface area contributed by atoms with Crippen LogP contribution in [0.4, 0.5) is 13.2 Å². The summed E-state index contributed by atoms with van der Waals surface area (Å²) < 4.78 is 39.4. The second-order valence-corrected chi connectivity index (χ2v) is 3.29. The summed E-state index contributed by atoms with van der Waals surface area (Å²) in [5.74, 6) is -0.464. The maximum Gasteiger partial charge on any atom is 0.573 e. The molecule has 0 saturated carbocycles. The number of hydrogen-bond donors (Lipinski definition) is 0. The Hall–Kier alpha value is -1.23. The standard InChI is InChI=1S/C10H7F3O2.ClH/c11-10(12,13)15-7-3-1-6-2-4-9(14)8(6)5-7;/h1,3,5H,2,4H2;1H. The average molecular weight is 253 g/mol. The van der Waals surface area contributed by atoms with Gasteiger partial charge in [-0.1, -0.05) is 6.07 Å². The van der Waals surface area contributed by atoms with E-state index >= 15 is 0 Å². The highest BCUT2D eigenvalue weighted by Gasteiger charge is 2.32. The Kier molecular flexibility index (Phi) is 3.48. The zero-order chi connectivity index (χ0) is 11.1. The molecule has 0 radical (unpaired) electrons. The monoisotopic (exact) mass is 252 g/mol. The van der Waals surface area contributed by atoms with Crippen molar-refractivity contribution in [3.8, 4) is 5.75 Å². The molecule has 1 aliphatic rings. The SMILES string of the molecule is Cl.O=C1CCc2ccc(OC(F)(F)F)cc21. The Morgan fingerprint density at radius 3 is 2.50 bits per heavy atom. The maximum absolute atomic E-state index is 11.9. The van der Waals surface area contributed by atoms with Crippen molar-refractivity contribution in [2.45, 2.75) is 19.2 Å². The number of carbonyl (C=O) groups excluding carboxylic acids is 1. The summed E-state index contributed by atoms with van der Waals surface area (Å²) in [6.07, 6.45) is -3.75. The van der Waals surface area contributed by atoms with Gasteiger partial charge < -0.3 is 4.74 Å². The first-order valence-corrected chi connectivity index (χ1v) is 4.37. The predicted octanol–water partition coefficient (Wildman–Crippen LogP) is 3.14. The zero-order valence-corrected chi connectivity index (χ0v) is 8.82. The molecule has 0 unspecified atom stereocenters. The molecule has 0 amide bonds. The summed E-state index contributed by atoms with van der Waals surface area (Å²) in [6.45, 7) is 0. The molecular formula is C10H8ClF3O2. The number of carbonyl (C=O) groups is 1. The number of alkyl halides is 3. The van der Waals surface area contributed by atoms with Crippen LogP contribution >= 0.6 is 12.4 Å². The van der Waals surface area contributed by atoms with Crippen LogP contribution in [-0.2, 0) is 6.42 Å². The second-order valence-electron chi connectivity index (χ2n) is 3.29. The van der Waals surface area contributed by atoms with Gasteiger partial charge in [-0.15, -0.1) is 25.6 Å². The number of ketones is 1. The molecule has 88 valence electrons. The lowest BCUT2D eigenvalue weighted by Gasteiger charge is -2.09. The van der Waals surface area contributed by atoms with E-state index in [9.17, 15) is 18.0 Å². The zero-order valence-electron chi connectivity index (χ0n) is 8.00.